The molecule has 2 heterocycles. The van der Waals surface area contributed by atoms with Crippen LogP contribution in [0.25, 0.3) is 0 Å². The molecule has 3 N–H and O–H groups in total. The van der Waals surface area contributed by atoms with Crippen LogP contribution < -0.4 is 10.5 Å². The quantitative estimate of drug-likeness (QED) is 0.798. The summed E-state index contributed by atoms with van der Waals surface area (Å²) in [6.07, 6.45) is 0.490. The maximum atomic E-state index is 11.9. The zero-order valence-corrected chi connectivity index (χ0v) is 12.8. The molecule has 0 spiro atoms. The summed E-state index contributed by atoms with van der Waals surface area (Å²) in [7, 11) is 1.59. The summed E-state index contributed by atoms with van der Waals surface area (Å²) in [5.74, 6) is -0.0791. The molecule has 1 amide bonds. The van der Waals surface area contributed by atoms with E-state index in [1.807, 2.05) is 24.3 Å². The number of hydrogen-bond donors (Lipinski definition) is 2. The Kier molecular flexibility index (Phi) is 3.84. The van der Waals surface area contributed by atoms with Crippen molar-refractivity contribution in [2.75, 3.05) is 12.9 Å². The van der Waals surface area contributed by atoms with Gasteiger partial charge in [-0.2, -0.15) is 0 Å². The van der Waals surface area contributed by atoms with Gasteiger partial charge >= 0.3 is 5.97 Å². The van der Waals surface area contributed by atoms with E-state index >= 15 is 0 Å². The molecule has 2 aliphatic rings. The van der Waals surface area contributed by atoms with Crippen molar-refractivity contribution in [2.45, 2.75) is 17.8 Å². The second kappa shape index (κ2) is 5.66. The Morgan fingerprint density at radius 1 is 1.45 bits per heavy atom. The highest BCUT2D eigenvalue weighted by molar-refractivity contribution is 8.00. The van der Waals surface area contributed by atoms with Crippen LogP contribution in [-0.4, -0.2) is 46.2 Å². The number of β-lactam (4-membered cyclic amide) rings is 1. The molecule has 1 saturated heterocycles. The van der Waals surface area contributed by atoms with Gasteiger partial charge in [-0.1, -0.05) is 12.1 Å². The molecule has 0 aliphatic carbocycles. The lowest BCUT2D eigenvalue weighted by Crippen LogP contribution is -2.68. The molecule has 2 atom stereocenters. The van der Waals surface area contributed by atoms with E-state index in [-0.39, 0.29) is 17.0 Å². The standard InChI is InChI=1S/C15H16N2O4S/c1-21-10-4-2-8(3-5-10)6-9-7-22-14-11(16)13(18)17(14)12(9)15(19)20/h2-5,11,14H,6-7,16H2,1H3,(H,19,20)/t11-,14-/m1/s1. The third kappa shape index (κ3) is 2.36. The van der Waals surface area contributed by atoms with Gasteiger partial charge in [0.25, 0.3) is 0 Å². The van der Waals surface area contributed by atoms with E-state index in [2.05, 4.69) is 0 Å². The number of ether oxygens (including phenoxy) is 1. The Morgan fingerprint density at radius 2 is 2.14 bits per heavy atom. The van der Waals surface area contributed by atoms with Gasteiger partial charge in [-0.25, -0.2) is 4.79 Å². The molecule has 1 aromatic carbocycles. The van der Waals surface area contributed by atoms with E-state index in [0.29, 0.717) is 12.2 Å². The van der Waals surface area contributed by atoms with Gasteiger partial charge in [-0.05, 0) is 29.7 Å². The van der Waals surface area contributed by atoms with Crippen LogP contribution >= 0.6 is 11.8 Å². The molecule has 0 unspecified atom stereocenters. The molecule has 1 aromatic rings. The van der Waals surface area contributed by atoms with Crippen LogP contribution in [-0.2, 0) is 16.0 Å². The highest BCUT2D eigenvalue weighted by Gasteiger charge is 2.51. The van der Waals surface area contributed by atoms with E-state index in [1.165, 1.54) is 16.7 Å². The van der Waals surface area contributed by atoms with Crippen molar-refractivity contribution in [3.8, 4) is 5.75 Å². The number of nitrogens with zero attached hydrogens (tertiary/aromatic N) is 1. The van der Waals surface area contributed by atoms with Crippen LogP contribution in [0.1, 0.15) is 5.56 Å². The maximum Gasteiger partial charge on any atom is 0.352 e. The monoisotopic (exact) mass is 320 g/mol. The SMILES string of the molecule is COc1ccc(CC2=C(C(=O)O)N3C(=O)[C@@H](N)[C@H]3SC2)cc1. The van der Waals surface area contributed by atoms with Gasteiger partial charge in [0.2, 0.25) is 5.91 Å². The predicted octanol–water partition coefficient (Wildman–Crippen LogP) is 0.819. The van der Waals surface area contributed by atoms with Gasteiger partial charge < -0.3 is 15.6 Å². The van der Waals surface area contributed by atoms with Gasteiger partial charge in [0.15, 0.2) is 0 Å². The molecule has 1 fully saturated rings. The first-order chi connectivity index (χ1) is 10.5. The summed E-state index contributed by atoms with van der Waals surface area (Å²) in [6.45, 7) is 0. The number of carbonyl (C=O) groups excluding carboxylic acids is 1. The van der Waals surface area contributed by atoms with Crippen LogP contribution in [0.4, 0.5) is 0 Å². The van der Waals surface area contributed by atoms with Crippen LogP contribution in [0.15, 0.2) is 35.5 Å². The summed E-state index contributed by atoms with van der Waals surface area (Å²) >= 11 is 1.52. The largest absolute Gasteiger partial charge is 0.497 e. The Labute approximate surface area is 131 Å². The lowest BCUT2D eigenvalue weighted by atomic mass is 9.99. The Hall–Kier alpha value is -1.99. The minimum Gasteiger partial charge on any atom is -0.497 e. The van der Waals surface area contributed by atoms with Crippen molar-refractivity contribution < 1.29 is 19.4 Å². The molecule has 22 heavy (non-hydrogen) atoms. The average molecular weight is 320 g/mol. The number of nitrogens with two attached hydrogens (primary N) is 1. The van der Waals surface area contributed by atoms with Crippen LogP contribution in [0.2, 0.25) is 0 Å². The Balaban J connectivity index is 1.89. The minimum atomic E-state index is -1.07. The zero-order chi connectivity index (χ0) is 15.9. The van der Waals surface area contributed by atoms with Crippen LogP contribution in [0.3, 0.4) is 0 Å². The summed E-state index contributed by atoms with van der Waals surface area (Å²) in [6, 6.07) is 6.86. The lowest BCUT2D eigenvalue weighted by Gasteiger charge is -2.48. The average Bonchev–Trinajstić information content (AvgIpc) is 2.54. The Morgan fingerprint density at radius 3 is 2.73 bits per heavy atom. The van der Waals surface area contributed by atoms with Crippen molar-refractivity contribution >= 4 is 23.6 Å². The number of thioether (sulfide) groups is 1. The molecular weight excluding hydrogens is 304 g/mol. The number of fused-ring (bicyclic) bond motifs is 1. The normalized spacial score (nSPS) is 23.9. The Bertz CT molecular complexity index is 656. The van der Waals surface area contributed by atoms with E-state index in [0.717, 1.165) is 16.9 Å². The number of benzene rings is 1. The van der Waals surface area contributed by atoms with E-state index in [9.17, 15) is 14.7 Å². The third-order valence-electron chi connectivity index (χ3n) is 3.87. The number of carboxylic acid groups (broad SMARTS) is 1. The molecule has 0 aromatic heterocycles. The number of amides is 1. The molecule has 7 heteroatoms. The minimum absolute atomic E-state index is 0.0891. The fourth-order valence-corrected chi connectivity index (χ4v) is 4.00. The molecule has 6 nitrogen and oxygen atoms in total. The summed E-state index contributed by atoms with van der Waals surface area (Å²) < 4.78 is 5.11. The number of carbonyl (C=O) groups is 2. The van der Waals surface area contributed by atoms with Crippen molar-refractivity contribution in [1.82, 2.24) is 4.90 Å². The maximum absolute atomic E-state index is 11.9. The predicted molar refractivity (Wildman–Crippen MR) is 82.4 cm³/mol. The smallest absolute Gasteiger partial charge is 0.352 e. The lowest BCUT2D eigenvalue weighted by molar-refractivity contribution is -0.148. The van der Waals surface area contributed by atoms with Gasteiger partial charge in [-0.15, -0.1) is 11.8 Å². The molecule has 0 saturated carbocycles. The van der Waals surface area contributed by atoms with Crippen molar-refractivity contribution in [3.63, 3.8) is 0 Å². The van der Waals surface area contributed by atoms with Crippen LogP contribution in [0, 0.1) is 0 Å². The highest BCUT2D eigenvalue weighted by Crippen LogP contribution is 2.40. The van der Waals surface area contributed by atoms with Gasteiger partial charge in [-0.3, -0.25) is 9.69 Å². The van der Waals surface area contributed by atoms with Crippen molar-refractivity contribution in [1.29, 1.82) is 0 Å². The molecule has 0 radical (unpaired) electrons. The topological polar surface area (TPSA) is 92.9 Å². The number of carboxylic acids is 1. The molecule has 0 bridgehead atoms. The first-order valence-corrected chi connectivity index (χ1v) is 7.86. The summed E-state index contributed by atoms with van der Waals surface area (Å²) in [4.78, 5) is 24.8. The second-order valence-corrected chi connectivity index (χ2v) is 6.32. The summed E-state index contributed by atoms with van der Waals surface area (Å²) in [5.41, 5.74) is 7.53. The molecule has 3 rings (SSSR count). The number of aliphatic carboxylic acids is 1. The van der Waals surface area contributed by atoms with E-state index < -0.39 is 12.0 Å². The third-order valence-corrected chi connectivity index (χ3v) is 5.23. The number of methoxy groups -OCH3 is 1. The van der Waals surface area contributed by atoms with Gasteiger partial charge in [0.05, 0.1) is 7.11 Å². The fourth-order valence-electron chi connectivity index (χ4n) is 2.71. The first kappa shape index (κ1) is 14.9. The number of rotatable bonds is 4. The van der Waals surface area contributed by atoms with Crippen molar-refractivity contribution in [2.24, 2.45) is 5.73 Å². The summed E-state index contributed by atoms with van der Waals surface area (Å²) in [5, 5.41) is 9.22. The first-order valence-electron chi connectivity index (χ1n) is 6.81. The van der Waals surface area contributed by atoms with Gasteiger partial charge in [0.1, 0.15) is 22.9 Å². The number of hydrogen-bond acceptors (Lipinski definition) is 5. The molecule has 116 valence electrons. The van der Waals surface area contributed by atoms with Gasteiger partial charge in [0, 0.05) is 5.75 Å². The highest BCUT2D eigenvalue weighted by atomic mass is 32.2. The van der Waals surface area contributed by atoms with Crippen molar-refractivity contribution in [3.05, 3.63) is 41.1 Å². The zero-order valence-electron chi connectivity index (χ0n) is 12.0. The van der Waals surface area contributed by atoms with E-state index in [4.69, 9.17) is 10.5 Å². The molecular formula is C15H16N2O4S. The second-order valence-electron chi connectivity index (χ2n) is 5.22. The molecule has 2 aliphatic heterocycles. The van der Waals surface area contributed by atoms with Crippen LogP contribution in [0.5, 0.6) is 5.75 Å². The van der Waals surface area contributed by atoms with E-state index in [1.54, 1.807) is 7.11 Å². The fraction of sp³-hybridized carbons (Fsp3) is 0.333.